The van der Waals surface area contributed by atoms with Crippen LogP contribution < -0.4 is 0 Å². The molecule has 3 unspecified atom stereocenters. The first-order valence-electron chi connectivity index (χ1n) is 16.0. The molecule has 0 aliphatic heterocycles. The molecule has 4 bridgehead atoms. The fourth-order valence-corrected chi connectivity index (χ4v) is 11.5. The van der Waals surface area contributed by atoms with Gasteiger partial charge in [0.2, 0.25) is 0 Å². The van der Waals surface area contributed by atoms with Crippen LogP contribution >= 0.6 is 18.5 Å². The molecular formula is C39H40N2P2. The molecule has 43 heavy (non-hydrogen) atoms. The van der Waals surface area contributed by atoms with Crippen molar-refractivity contribution < 1.29 is 0 Å². The zero-order valence-corrected chi connectivity index (χ0v) is 27.0. The van der Waals surface area contributed by atoms with E-state index in [-0.39, 0.29) is 11.3 Å². The summed E-state index contributed by atoms with van der Waals surface area (Å²) in [7, 11) is 6.66. The maximum Gasteiger partial charge on any atom is 0.0591 e. The Bertz CT molecular complexity index is 1600. The average Bonchev–Trinajstić information content (AvgIpc) is 3.48. The fraction of sp³-hybridized carbons (Fsp3) is 0.333. The molecule has 0 amide bonds. The molecule has 2 heterocycles. The lowest BCUT2D eigenvalue weighted by Gasteiger charge is -2.65. The molecule has 9 rings (SSSR count). The maximum absolute atomic E-state index is 4.67. The number of aromatic nitrogens is 2. The zero-order chi connectivity index (χ0) is 29.0. The number of benzene rings is 2. The van der Waals surface area contributed by atoms with Crippen molar-refractivity contribution in [2.45, 2.75) is 37.3 Å². The summed E-state index contributed by atoms with van der Waals surface area (Å²) in [6.07, 6.45) is 18.7. The summed E-state index contributed by atoms with van der Waals surface area (Å²) < 4.78 is 0. The first-order chi connectivity index (χ1) is 21.1. The molecule has 0 N–H and O–H groups in total. The van der Waals surface area contributed by atoms with E-state index in [0.29, 0.717) is 0 Å². The Kier molecular flexibility index (Phi) is 7.01. The van der Waals surface area contributed by atoms with Gasteiger partial charge in [0.25, 0.3) is 0 Å². The second-order valence-corrected chi connectivity index (χ2v) is 14.8. The van der Waals surface area contributed by atoms with E-state index < -0.39 is 5.16 Å². The molecular weight excluding hydrogens is 558 g/mol. The third-order valence-electron chi connectivity index (χ3n) is 11.6. The predicted molar refractivity (Wildman–Crippen MR) is 184 cm³/mol. The number of pyridine rings is 2. The Balaban J connectivity index is 1.45. The van der Waals surface area contributed by atoms with Crippen molar-refractivity contribution in [3.63, 3.8) is 0 Å². The number of hydrogen-bond acceptors (Lipinski definition) is 2. The smallest absolute Gasteiger partial charge is 0.0591 e. The van der Waals surface area contributed by atoms with E-state index >= 15 is 0 Å². The summed E-state index contributed by atoms with van der Waals surface area (Å²) in [5, 5.41) is -0.467. The van der Waals surface area contributed by atoms with Crippen molar-refractivity contribution in [3.8, 4) is 0 Å². The van der Waals surface area contributed by atoms with E-state index in [4.69, 9.17) is 0 Å². The Morgan fingerprint density at radius 2 is 1.21 bits per heavy atom. The molecule has 4 heteroatoms. The van der Waals surface area contributed by atoms with Crippen LogP contribution in [0.4, 0.5) is 0 Å². The van der Waals surface area contributed by atoms with Crippen molar-refractivity contribution in [3.05, 3.63) is 144 Å². The minimum atomic E-state index is -0.467. The number of hydrogen-bond donors (Lipinski definition) is 0. The normalized spacial score (nSPS) is 29.6. The highest BCUT2D eigenvalue weighted by Crippen LogP contribution is 2.71. The van der Waals surface area contributed by atoms with Gasteiger partial charge in [-0.25, -0.2) is 0 Å². The monoisotopic (exact) mass is 598 g/mol. The highest BCUT2D eigenvalue weighted by Gasteiger charge is 2.63. The predicted octanol–water partition coefficient (Wildman–Crippen LogP) is 9.08. The van der Waals surface area contributed by atoms with Crippen LogP contribution in [0.5, 0.6) is 0 Å². The number of allylic oxidation sites excluding steroid dienone is 4. The highest BCUT2D eigenvalue weighted by atomic mass is 31.0. The topological polar surface area (TPSA) is 25.8 Å². The lowest BCUT2D eigenvalue weighted by molar-refractivity contribution is -0.109. The van der Waals surface area contributed by atoms with Gasteiger partial charge in [-0.3, -0.25) is 9.97 Å². The van der Waals surface area contributed by atoms with E-state index in [0.717, 1.165) is 29.8 Å². The van der Waals surface area contributed by atoms with Gasteiger partial charge in [0.1, 0.15) is 0 Å². The van der Waals surface area contributed by atoms with Crippen LogP contribution in [-0.4, -0.2) is 16.1 Å². The second-order valence-electron chi connectivity index (χ2n) is 13.5. The van der Waals surface area contributed by atoms with Crippen LogP contribution in [0.15, 0.2) is 121 Å². The second kappa shape index (κ2) is 10.9. The molecule has 4 fully saturated rings. The Morgan fingerprint density at radius 1 is 0.674 bits per heavy atom. The zero-order valence-electron chi connectivity index (χ0n) is 24.6. The SMILES string of the molecule is PCC1(C2C(C(P)(c3cccnc3)c3cccnc3)=CC(c3ccccc3)=C2c2ccccc2)C2CC3CC(C2)CC1C3. The van der Waals surface area contributed by atoms with Gasteiger partial charge in [0.05, 0.1) is 5.16 Å². The molecule has 3 atom stereocenters. The molecule has 0 saturated heterocycles. The minimum absolute atomic E-state index is 0.178. The molecule has 5 aliphatic carbocycles. The van der Waals surface area contributed by atoms with E-state index in [1.807, 2.05) is 12.4 Å². The quantitative estimate of drug-likeness (QED) is 0.198. The van der Waals surface area contributed by atoms with Gasteiger partial charge >= 0.3 is 0 Å². The third kappa shape index (κ3) is 4.28. The standard InChI is InChI=1S/C39H40N2P2/c42-25-38(32-18-26-17-27(20-32)21-33(38)19-26)37-35(39(43,30-13-7-15-40-23-30)31-14-8-16-41-24-31)22-34(28-9-3-1-4-10-28)36(37)29-11-5-2-6-12-29/h1-16,22-24,26-27,32-33,37H,17-21,25,42-43H2. The fourth-order valence-electron chi connectivity index (χ4n) is 10.0. The highest BCUT2D eigenvalue weighted by molar-refractivity contribution is 7.19. The van der Waals surface area contributed by atoms with E-state index in [9.17, 15) is 0 Å². The average molecular weight is 599 g/mol. The van der Waals surface area contributed by atoms with Crippen molar-refractivity contribution in [2.24, 2.45) is 35.0 Å². The summed E-state index contributed by atoms with van der Waals surface area (Å²) >= 11 is 0. The first kappa shape index (κ1) is 27.6. The number of nitrogens with zero attached hydrogens (tertiary/aromatic N) is 2. The van der Waals surface area contributed by atoms with Crippen LogP contribution in [0.25, 0.3) is 11.1 Å². The Labute approximate surface area is 261 Å². The van der Waals surface area contributed by atoms with Crippen molar-refractivity contribution >= 4 is 29.6 Å². The Morgan fingerprint density at radius 3 is 1.70 bits per heavy atom. The van der Waals surface area contributed by atoms with E-state index in [1.165, 1.54) is 71.1 Å². The lowest BCUT2D eigenvalue weighted by atomic mass is 9.41. The molecule has 2 aromatic carbocycles. The van der Waals surface area contributed by atoms with Crippen LogP contribution in [-0.2, 0) is 5.16 Å². The summed E-state index contributed by atoms with van der Waals surface area (Å²) in [6, 6.07) is 31.1. The molecule has 2 aromatic heterocycles. The molecule has 5 aliphatic rings. The van der Waals surface area contributed by atoms with Crippen molar-refractivity contribution in [2.75, 3.05) is 6.16 Å². The molecule has 2 nitrogen and oxygen atoms in total. The van der Waals surface area contributed by atoms with Gasteiger partial charge in [-0.2, -0.15) is 0 Å². The van der Waals surface area contributed by atoms with Crippen LogP contribution in [0, 0.1) is 35.0 Å². The van der Waals surface area contributed by atoms with Crippen LogP contribution in [0.1, 0.15) is 54.4 Å². The summed E-state index contributed by atoms with van der Waals surface area (Å²) in [5.41, 5.74) is 9.60. The van der Waals surface area contributed by atoms with Gasteiger partial charge < -0.3 is 0 Å². The van der Waals surface area contributed by atoms with Crippen molar-refractivity contribution in [1.82, 2.24) is 9.97 Å². The largest absolute Gasteiger partial charge is 0.264 e. The lowest BCUT2D eigenvalue weighted by Crippen LogP contribution is -2.58. The molecule has 0 spiro atoms. The summed E-state index contributed by atoms with van der Waals surface area (Å²) in [6.45, 7) is 0. The minimum Gasteiger partial charge on any atom is -0.264 e. The third-order valence-corrected chi connectivity index (χ3v) is 13.3. The molecule has 216 valence electrons. The van der Waals surface area contributed by atoms with Gasteiger partial charge in [-0.05, 0) is 118 Å². The Hall–Kier alpha value is -2.92. The van der Waals surface area contributed by atoms with Gasteiger partial charge in [-0.1, -0.05) is 78.9 Å². The number of rotatable bonds is 7. The van der Waals surface area contributed by atoms with Gasteiger partial charge in [0, 0.05) is 30.7 Å². The molecule has 0 radical (unpaired) electrons. The summed E-state index contributed by atoms with van der Waals surface area (Å²) in [5.74, 6) is 3.57. The summed E-state index contributed by atoms with van der Waals surface area (Å²) in [4.78, 5) is 9.34. The van der Waals surface area contributed by atoms with E-state index in [2.05, 4.69) is 132 Å². The van der Waals surface area contributed by atoms with Crippen molar-refractivity contribution in [1.29, 1.82) is 0 Å². The maximum atomic E-state index is 4.67. The van der Waals surface area contributed by atoms with Gasteiger partial charge in [0.15, 0.2) is 0 Å². The molecule has 4 saturated carbocycles. The molecule has 4 aromatic rings. The van der Waals surface area contributed by atoms with E-state index in [1.54, 1.807) is 0 Å². The van der Waals surface area contributed by atoms with Crippen LogP contribution in [0.3, 0.4) is 0 Å². The van der Waals surface area contributed by atoms with Crippen LogP contribution in [0.2, 0.25) is 0 Å². The first-order valence-corrected chi connectivity index (χ1v) is 17.4. The van der Waals surface area contributed by atoms with Gasteiger partial charge in [-0.15, -0.1) is 18.5 Å².